The number of hydrogen-bond acceptors (Lipinski definition) is 2. The van der Waals surface area contributed by atoms with Crippen molar-refractivity contribution >= 4 is 11.7 Å². The number of carbonyl (C=O) groups excluding carboxylic acids is 1. The second-order valence-electron chi connectivity index (χ2n) is 7.07. The predicted octanol–water partition coefficient (Wildman–Crippen LogP) is 3.62. The van der Waals surface area contributed by atoms with Crippen LogP contribution in [0.4, 0.5) is 10.5 Å². The van der Waals surface area contributed by atoms with E-state index in [4.69, 9.17) is 0 Å². The summed E-state index contributed by atoms with van der Waals surface area (Å²) < 4.78 is 1.86. The quantitative estimate of drug-likeness (QED) is 0.874. The molecule has 0 aliphatic carbocycles. The van der Waals surface area contributed by atoms with E-state index < -0.39 is 0 Å². The van der Waals surface area contributed by atoms with Gasteiger partial charge in [-0.25, -0.2) is 4.79 Å². The highest BCUT2D eigenvalue weighted by Crippen LogP contribution is 2.20. The lowest BCUT2D eigenvalue weighted by molar-refractivity contribution is 0.210. The Kier molecular flexibility index (Phi) is 4.11. The maximum Gasteiger partial charge on any atom is 0.322 e. The summed E-state index contributed by atoms with van der Waals surface area (Å²) >= 11 is 0. The van der Waals surface area contributed by atoms with Gasteiger partial charge in [0.15, 0.2) is 0 Å². The molecule has 23 heavy (non-hydrogen) atoms. The molecule has 0 saturated carbocycles. The zero-order valence-electron chi connectivity index (χ0n) is 14.0. The summed E-state index contributed by atoms with van der Waals surface area (Å²) in [4.78, 5) is 14.4. The molecule has 0 spiro atoms. The molecule has 122 valence electrons. The lowest BCUT2D eigenvalue weighted by Gasteiger charge is -2.21. The average molecular weight is 312 g/mol. The van der Waals surface area contributed by atoms with Gasteiger partial charge in [-0.1, -0.05) is 24.3 Å². The fourth-order valence-corrected chi connectivity index (χ4v) is 2.83. The summed E-state index contributed by atoms with van der Waals surface area (Å²) in [7, 11) is 0. The lowest BCUT2D eigenvalue weighted by atomic mass is 10.0. The molecule has 0 atom stereocenters. The largest absolute Gasteiger partial charge is 0.322 e. The van der Waals surface area contributed by atoms with E-state index >= 15 is 0 Å². The van der Waals surface area contributed by atoms with Crippen LogP contribution in [0.25, 0.3) is 0 Å². The molecular weight excluding hydrogens is 288 g/mol. The van der Waals surface area contributed by atoms with Crippen molar-refractivity contribution in [1.82, 2.24) is 14.7 Å². The van der Waals surface area contributed by atoms with Crippen LogP contribution in [-0.4, -0.2) is 27.3 Å². The highest BCUT2D eigenvalue weighted by molar-refractivity contribution is 5.89. The summed E-state index contributed by atoms with van der Waals surface area (Å²) in [5.74, 6) is 0. The molecule has 0 radical (unpaired) electrons. The van der Waals surface area contributed by atoms with Gasteiger partial charge < -0.3 is 10.2 Å². The third kappa shape index (κ3) is 3.55. The maximum absolute atomic E-state index is 12.6. The van der Waals surface area contributed by atoms with E-state index in [1.807, 2.05) is 21.8 Å². The van der Waals surface area contributed by atoms with Gasteiger partial charge in [0.05, 0.1) is 17.4 Å². The Morgan fingerprint density at radius 1 is 1.22 bits per heavy atom. The molecule has 1 aromatic heterocycles. The number of hydrogen-bond donors (Lipinski definition) is 1. The van der Waals surface area contributed by atoms with Crippen molar-refractivity contribution in [1.29, 1.82) is 0 Å². The molecule has 1 aliphatic heterocycles. The Bertz CT molecular complexity index is 699. The van der Waals surface area contributed by atoms with Crippen molar-refractivity contribution in [3.05, 3.63) is 47.8 Å². The molecule has 2 amide bonds. The van der Waals surface area contributed by atoms with Gasteiger partial charge in [-0.15, -0.1) is 0 Å². The number of nitrogens with one attached hydrogen (secondary N) is 1. The Balaban J connectivity index is 1.70. The first kappa shape index (κ1) is 15.6. The number of anilines is 1. The van der Waals surface area contributed by atoms with Crippen LogP contribution in [0.1, 0.15) is 38.3 Å². The number of amides is 2. The van der Waals surface area contributed by atoms with E-state index in [0.717, 1.165) is 25.1 Å². The van der Waals surface area contributed by atoms with Crippen LogP contribution in [0.15, 0.2) is 36.7 Å². The van der Waals surface area contributed by atoms with E-state index in [2.05, 4.69) is 49.4 Å². The van der Waals surface area contributed by atoms with Gasteiger partial charge in [-0.05, 0) is 44.7 Å². The molecule has 5 nitrogen and oxygen atoms in total. The molecule has 1 aromatic carbocycles. The fraction of sp³-hybridized carbons (Fsp3) is 0.444. The summed E-state index contributed by atoms with van der Waals surface area (Å²) in [6.07, 6.45) is 5.60. The van der Waals surface area contributed by atoms with Crippen LogP contribution >= 0.6 is 0 Å². The number of aryl methyl sites for hydroxylation is 1. The van der Waals surface area contributed by atoms with Gasteiger partial charge in [0.2, 0.25) is 0 Å². The molecule has 5 heteroatoms. The lowest BCUT2D eigenvalue weighted by Crippen LogP contribution is -2.34. The summed E-state index contributed by atoms with van der Waals surface area (Å²) in [5.41, 5.74) is 3.24. The van der Waals surface area contributed by atoms with Crippen molar-refractivity contribution < 1.29 is 4.79 Å². The van der Waals surface area contributed by atoms with Crippen LogP contribution in [-0.2, 0) is 18.5 Å². The normalized spacial score (nSPS) is 15.0. The van der Waals surface area contributed by atoms with Crippen molar-refractivity contribution in [2.24, 2.45) is 0 Å². The molecule has 1 aliphatic rings. The Hall–Kier alpha value is -2.30. The second kappa shape index (κ2) is 6.07. The number of nitrogens with zero attached hydrogens (tertiary/aromatic N) is 3. The molecule has 0 bridgehead atoms. The summed E-state index contributed by atoms with van der Waals surface area (Å²) in [5, 5.41) is 7.29. The summed E-state index contributed by atoms with van der Waals surface area (Å²) in [6, 6.07) is 8.31. The number of carbonyl (C=O) groups is 1. The van der Waals surface area contributed by atoms with E-state index in [0.29, 0.717) is 6.54 Å². The van der Waals surface area contributed by atoms with E-state index in [-0.39, 0.29) is 11.6 Å². The first-order valence-electron chi connectivity index (χ1n) is 8.11. The molecule has 2 aromatic rings. The number of aromatic nitrogens is 2. The SMILES string of the molecule is CC(C)(C)n1cc(NC(=O)N2CCCc3ccccc3C2)cn1. The molecular formula is C18H24N4O. The highest BCUT2D eigenvalue weighted by atomic mass is 16.2. The molecule has 0 unspecified atom stereocenters. The van der Waals surface area contributed by atoms with Crippen LogP contribution in [0.5, 0.6) is 0 Å². The molecule has 2 heterocycles. The summed E-state index contributed by atoms with van der Waals surface area (Å²) in [6.45, 7) is 7.68. The first-order valence-corrected chi connectivity index (χ1v) is 8.11. The van der Waals surface area contributed by atoms with E-state index in [1.165, 1.54) is 11.1 Å². The third-order valence-electron chi connectivity index (χ3n) is 4.16. The number of fused-ring (bicyclic) bond motifs is 1. The van der Waals surface area contributed by atoms with Crippen LogP contribution in [0.3, 0.4) is 0 Å². The van der Waals surface area contributed by atoms with Gasteiger partial charge >= 0.3 is 6.03 Å². The van der Waals surface area contributed by atoms with Gasteiger partial charge in [0.25, 0.3) is 0 Å². The Morgan fingerprint density at radius 3 is 2.65 bits per heavy atom. The molecule has 0 saturated heterocycles. The second-order valence-corrected chi connectivity index (χ2v) is 7.07. The van der Waals surface area contributed by atoms with Crippen molar-refractivity contribution in [3.8, 4) is 0 Å². The smallest absolute Gasteiger partial charge is 0.320 e. The van der Waals surface area contributed by atoms with E-state index in [1.54, 1.807) is 6.20 Å². The molecule has 1 N–H and O–H groups in total. The number of urea groups is 1. The standard InChI is InChI=1S/C18H24N4O/c1-18(2,3)22-13-16(11-19-22)20-17(23)21-10-6-9-14-7-4-5-8-15(14)12-21/h4-5,7-8,11,13H,6,9-10,12H2,1-3H3,(H,20,23). The van der Waals surface area contributed by atoms with Crippen molar-refractivity contribution in [2.75, 3.05) is 11.9 Å². The minimum absolute atomic E-state index is 0.0600. The molecule has 0 fully saturated rings. The highest BCUT2D eigenvalue weighted by Gasteiger charge is 2.20. The Labute approximate surface area is 137 Å². The first-order chi connectivity index (χ1) is 10.9. The number of benzene rings is 1. The predicted molar refractivity (Wildman–Crippen MR) is 91.4 cm³/mol. The monoisotopic (exact) mass is 312 g/mol. The van der Waals surface area contributed by atoms with Gasteiger partial charge in [0, 0.05) is 19.3 Å². The van der Waals surface area contributed by atoms with Crippen LogP contribution < -0.4 is 5.32 Å². The zero-order valence-corrected chi connectivity index (χ0v) is 14.0. The minimum atomic E-state index is -0.0927. The van der Waals surface area contributed by atoms with Crippen molar-refractivity contribution in [2.45, 2.75) is 45.7 Å². The molecule has 3 rings (SSSR count). The average Bonchev–Trinajstić information content (AvgIpc) is 2.86. The van der Waals surface area contributed by atoms with Gasteiger partial charge in [0.1, 0.15) is 0 Å². The third-order valence-corrected chi connectivity index (χ3v) is 4.16. The number of rotatable bonds is 1. The topological polar surface area (TPSA) is 50.2 Å². The minimum Gasteiger partial charge on any atom is -0.320 e. The maximum atomic E-state index is 12.6. The van der Waals surface area contributed by atoms with E-state index in [9.17, 15) is 4.79 Å². The van der Waals surface area contributed by atoms with Gasteiger partial charge in [-0.2, -0.15) is 5.10 Å². The van der Waals surface area contributed by atoms with Crippen LogP contribution in [0, 0.1) is 0 Å². The van der Waals surface area contributed by atoms with Crippen molar-refractivity contribution in [3.63, 3.8) is 0 Å². The Morgan fingerprint density at radius 2 is 1.96 bits per heavy atom. The van der Waals surface area contributed by atoms with Crippen LogP contribution in [0.2, 0.25) is 0 Å². The fourth-order valence-electron chi connectivity index (χ4n) is 2.83. The zero-order chi connectivity index (χ0) is 16.4. The van der Waals surface area contributed by atoms with Gasteiger partial charge in [-0.3, -0.25) is 4.68 Å².